The van der Waals surface area contributed by atoms with Crippen LogP contribution >= 0.6 is 11.6 Å². The lowest BCUT2D eigenvalue weighted by Gasteiger charge is -2.25. The van der Waals surface area contributed by atoms with Crippen LogP contribution in [0.2, 0.25) is 5.02 Å². The fraction of sp³-hybridized carbons (Fsp3) is 0.600. The van der Waals surface area contributed by atoms with Gasteiger partial charge in [0.2, 0.25) is 0 Å². The van der Waals surface area contributed by atoms with Gasteiger partial charge >= 0.3 is 0 Å². The van der Waals surface area contributed by atoms with Gasteiger partial charge in [0.1, 0.15) is 0 Å². The van der Waals surface area contributed by atoms with Crippen LogP contribution in [0.5, 0.6) is 0 Å². The number of benzene rings is 1. The lowest BCUT2D eigenvalue weighted by molar-refractivity contribution is -0.385. The van der Waals surface area contributed by atoms with Crippen molar-refractivity contribution in [1.29, 1.82) is 0 Å². The molecular weight excluding hydrogens is 290 g/mol. The predicted octanol–water partition coefficient (Wildman–Crippen LogP) is 3.21. The molecule has 0 aliphatic carbocycles. The first kappa shape index (κ1) is 16.2. The van der Waals surface area contributed by atoms with Gasteiger partial charge in [-0.2, -0.15) is 0 Å². The van der Waals surface area contributed by atoms with E-state index in [1.165, 1.54) is 18.9 Å². The molecule has 1 saturated heterocycles. The molecule has 1 heterocycles. The number of nitrogens with one attached hydrogen (secondary N) is 1. The molecule has 5 nitrogen and oxygen atoms in total. The minimum atomic E-state index is -0.348. The molecule has 116 valence electrons. The Morgan fingerprint density at radius 3 is 2.95 bits per heavy atom. The van der Waals surface area contributed by atoms with E-state index in [1.54, 1.807) is 12.1 Å². The molecule has 2 rings (SSSR count). The number of hydrogen-bond donors (Lipinski definition) is 1. The van der Waals surface area contributed by atoms with Gasteiger partial charge in [-0.05, 0) is 38.4 Å². The highest BCUT2D eigenvalue weighted by Crippen LogP contribution is 2.28. The monoisotopic (exact) mass is 311 g/mol. The molecule has 0 amide bonds. The Kier molecular flexibility index (Phi) is 5.96. The summed E-state index contributed by atoms with van der Waals surface area (Å²) in [6.07, 6.45) is 3.40. The SMILES string of the molecule is CCCN(Cc1c(Cl)cccc1[N+](=O)[O-])CC1CCCN1. The lowest BCUT2D eigenvalue weighted by Crippen LogP contribution is -2.37. The van der Waals surface area contributed by atoms with Crippen molar-refractivity contribution in [2.45, 2.75) is 38.8 Å². The molecule has 1 unspecified atom stereocenters. The lowest BCUT2D eigenvalue weighted by atomic mass is 10.1. The summed E-state index contributed by atoms with van der Waals surface area (Å²) < 4.78 is 0. The third-order valence-corrected chi connectivity index (χ3v) is 4.21. The van der Waals surface area contributed by atoms with Crippen molar-refractivity contribution in [3.63, 3.8) is 0 Å². The van der Waals surface area contributed by atoms with Crippen molar-refractivity contribution in [3.8, 4) is 0 Å². The summed E-state index contributed by atoms with van der Waals surface area (Å²) in [5, 5.41) is 15.1. The Morgan fingerprint density at radius 1 is 1.52 bits per heavy atom. The summed E-state index contributed by atoms with van der Waals surface area (Å²) in [6.45, 7) is 5.55. The highest BCUT2D eigenvalue weighted by atomic mass is 35.5. The average Bonchev–Trinajstić information content (AvgIpc) is 2.94. The van der Waals surface area contributed by atoms with Gasteiger partial charge in [0.15, 0.2) is 0 Å². The van der Waals surface area contributed by atoms with Gasteiger partial charge in [-0.3, -0.25) is 15.0 Å². The molecule has 1 aliphatic rings. The highest BCUT2D eigenvalue weighted by molar-refractivity contribution is 6.31. The number of nitro groups is 1. The zero-order valence-corrected chi connectivity index (χ0v) is 13.1. The molecule has 6 heteroatoms. The highest BCUT2D eigenvalue weighted by Gasteiger charge is 2.22. The predicted molar refractivity (Wildman–Crippen MR) is 84.7 cm³/mol. The molecule has 0 saturated carbocycles. The average molecular weight is 312 g/mol. The fourth-order valence-electron chi connectivity index (χ4n) is 2.87. The van der Waals surface area contributed by atoms with Crippen molar-refractivity contribution in [2.24, 2.45) is 0 Å². The topological polar surface area (TPSA) is 58.4 Å². The second kappa shape index (κ2) is 7.73. The Hall–Kier alpha value is -1.17. The largest absolute Gasteiger partial charge is 0.313 e. The number of nitro benzene ring substituents is 1. The maximum atomic E-state index is 11.2. The second-order valence-electron chi connectivity index (χ2n) is 5.52. The molecule has 1 N–H and O–H groups in total. The van der Waals surface area contributed by atoms with Crippen LogP contribution in [0.4, 0.5) is 5.69 Å². The van der Waals surface area contributed by atoms with Gasteiger partial charge in [-0.15, -0.1) is 0 Å². The molecule has 0 radical (unpaired) electrons. The van der Waals surface area contributed by atoms with E-state index in [1.807, 2.05) is 0 Å². The van der Waals surface area contributed by atoms with Crippen LogP contribution in [0, 0.1) is 10.1 Å². The number of hydrogen-bond acceptors (Lipinski definition) is 4. The van der Waals surface area contributed by atoms with Gasteiger partial charge in [-0.25, -0.2) is 0 Å². The first-order valence-corrected chi connectivity index (χ1v) is 7.87. The summed E-state index contributed by atoms with van der Waals surface area (Å²) in [5.74, 6) is 0. The summed E-state index contributed by atoms with van der Waals surface area (Å²) in [6, 6.07) is 5.37. The molecule has 0 aromatic heterocycles. The van der Waals surface area contributed by atoms with Crippen molar-refractivity contribution in [3.05, 3.63) is 38.9 Å². The molecule has 1 fully saturated rings. The van der Waals surface area contributed by atoms with E-state index in [2.05, 4.69) is 17.1 Å². The number of halogens is 1. The molecule has 0 spiro atoms. The van der Waals surface area contributed by atoms with Crippen LogP contribution < -0.4 is 5.32 Å². The van der Waals surface area contributed by atoms with Crippen molar-refractivity contribution >= 4 is 17.3 Å². The van der Waals surface area contributed by atoms with E-state index in [4.69, 9.17) is 11.6 Å². The van der Waals surface area contributed by atoms with Crippen LogP contribution in [0.1, 0.15) is 31.7 Å². The van der Waals surface area contributed by atoms with E-state index >= 15 is 0 Å². The molecule has 0 bridgehead atoms. The van der Waals surface area contributed by atoms with E-state index in [9.17, 15) is 10.1 Å². The Labute approximate surface area is 130 Å². The molecule has 1 aromatic rings. The van der Waals surface area contributed by atoms with Gasteiger partial charge in [0, 0.05) is 25.2 Å². The number of nitrogens with zero attached hydrogens (tertiary/aromatic N) is 2. The Morgan fingerprint density at radius 2 is 2.33 bits per heavy atom. The number of rotatable bonds is 7. The Bertz CT molecular complexity index is 490. The first-order chi connectivity index (χ1) is 10.1. The van der Waals surface area contributed by atoms with Crippen LogP contribution in [0.3, 0.4) is 0 Å². The van der Waals surface area contributed by atoms with Crippen LogP contribution in [0.25, 0.3) is 0 Å². The second-order valence-corrected chi connectivity index (χ2v) is 5.93. The van der Waals surface area contributed by atoms with Gasteiger partial charge in [0.05, 0.1) is 15.5 Å². The summed E-state index contributed by atoms with van der Waals surface area (Å²) >= 11 is 6.19. The smallest absolute Gasteiger partial charge is 0.275 e. The molecule has 1 aliphatic heterocycles. The third kappa shape index (κ3) is 4.40. The zero-order valence-electron chi connectivity index (χ0n) is 12.3. The van der Waals surface area contributed by atoms with Crippen molar-refractivity contribution < 1.29 is 4.92 Å². The molecule has 1 aromatic carbocycles. The third-order valence-electron chi connectivity index (χ3n) is 3.85. The molecule has 1 atom stereocenters. The van der Waals surface area contributed by atoms with Gasteiger partial charge in [0.25, 0.3) is 5.69 Å². The van der Waals surface area contributed by atoms with E-state index < -0.39 is 0 Å². The van der Waals surface area contributed by atoms with Crippen molar-refractivity contribution in [1.82, 2.24) is 10.2 Å². The van der Waals surface area contributed by atoms with E-state index in [-0.39, 0.29) is 10.6 Å². The van der Waals surface area contributed by atoms with Crippen molar-refractivity contribution in [2.75, 3.05) is 19.6 Å². The molecule has 21 heavy (non-hydrogen) atoms. The van der Waals surface area contributed by atoms with E-state index in [0.29, 0.717) is 23.2 Å². The Balaban J connectivity index is 2.13. The quantitative estimate of drug-likeness (QED) is 0.620. The van der Waals surface area contributed by atoms with Gasteiger partial charge in [-0.1, -0.05) is 24.6 Å². The minimum absolute atomic E-state index is 0.114. The van der Waals surface area contributed by atoms with E-state index in [0.717, 1.165) is 26.1 Å². The summed E-state index contributed by atoms with van der Waals surface area (Å²) in [7, 11) is 0. The van der Waals surface area contributed by atoms with Gasteiger partial charge < -0.3 is 5.32 Å². The normalized spacial score (nSPS) is 18.3. The standard InChI is InChI=1S/C15H22ClN3O2/c1-2-9-18(10-12-5-4-8-17-12)11-13-14(16)6-3-7-15(13)19(20)21/h3,6-7,12,17H,2,4-5,8-11H2,1H3. The first-order valence-electron chi connectivity index (χ1n) is 7.49. The maximum absolute atomic E-state index is 11.2. The summed E-state index contributed by atoms with van der Waals surface area (Å²) in [4.78, 5) is 13.1. The van der Waals surface area contributed by atoms with Crippen LogP contribution in [0.15, 0.2) is 18.2 Å². The van der Waals surface area contributed by atoms with Crippen LogP contribution in [-0.4, -0.2) is 35.5 Å². The fourth-order valence-corrected chi connectivity index (χ4v) is 3.10. The maximum Gasteiger partial charge on any atom is 0.275 e. The molecular formula is C15H22ClN3O2. The zero-order chi connectivity index (χ0) is 15.2. The minimum Gasteiger partial charge on any atom is -0.313 e. The van der Waals surface area contributed by atoms with Crippen LogP contribution in [-0.2, 0) is 6.54 Å². The summed E-state index contributed by atoms with van der Waals surface area (Å²) in [5.41, 5.74) is 0.735.